The quantitative estimate of drug-likeness (QED) is 0.585. The molecule has 0 unspecified atom stereocenters. The second-order valence-corrected chi connectivity index (χ2v) is 9.01. The number of para-hydroxylation sites is 1. The number of aldehydes is 1. The van der Waals surface area contributed by atoms with Crippen molar-refractivity contribution in [3.8, 4) is 5.69 Å². The molecule has 0 atom stereocenters. The Labute approximate surface area is 173 Å². The normalized spacial score (nSPS) is 15.1. The number of nitrogens with one attached hydrogen (secondary N) is 1. The Morgan fingerprint density at radius 3 is 2.34 bits per heavy atom. The van der Waals surface area contributed by atoms with Gasteiger partial charge in [0, 0.05) is 24.2 Å². The van der Waals surface area contributed by atoms with Crippen LogP contribution in [0, 0.1) is 0 Å². The van der Waals surface area contributed by atoms with Gasteiger partial charge in [0.1, 0.15) is 5.82 Å². The molecule has 0 aliphatic carbocycles. The predicted molar refractivity (Wildman–Crippen MR) is 122 cm³/mol. The topological polar surface area (TPSA) is 37.3 Å². The van der Waals surface area contributed by atoms with Crippen molar-refractivity contribution in [2.75, 3.05) is 31.5 Å². The van der Waals surface area contributed by atoms with E-state index < -0.39 is 0 Å². The number of fused-ring (bicyclic) bond motifs is 1. The van der Waals surface area contributed by atoms with Crippen LogP contribution in [0.3, 0.4) is 0 Å². The van der Waals surface area contributed by atoms with E-state index in [2.05, 4.69) is 65.9 Å². The van der Waals surface area contributed by atoms with Gasteiger partial charge >= 0.3 is 0 Å². The van der Waals surface area contributed by atoms with Crippen molar-refractivity contribution in [3.05, 3.63) is 59.7 Å². The molecule has 29 heavy (non-hydrogen) atoms. The number of anilines is 1. The summed E-state index contributed by atoms with van der Waals surface area (Å²) in [5, 5.41) is 4.57. The second-order valence-electron chi connectivity index (χ2n) is 9.01. The van der Waals surface area contributed by atoms with Crippen molar-refractivity contribution in [1.29, 1.82) is 0 Å². The number of hydrogen-bond donors (Lipinski definition) is 1. The molecule has 2 heterocycles. The zero-order valence-corrected chi connectivity index (χ0v) is 17.7. The Bertz CT molecular complexity index is 989. The highest BCUT2D eigenvalue weighted by molar-refractivity contribution is 6.04. The van der Waals surface area contributed by atoms with Gasteiger partial charge in [0.05, 0.1) is 11.1 Å². The van der Waals surface area contributed by atoms with Crippen LogP contribution in [0.2, 0.25) is 0 Å². The first-order valence-electron chi connectivity index (χ1n) is 10.6. The molecule has 0 saturated carbocycles. The van der Waals surface area contributed by atoms with Crippen LogP contribution in [0.15, 0.2) is 48.5 Å². The average Bonchev–Trinajstić information content (AvgIpc) is 3.33. The Morgan fingerprint density at radius 2 is 1.69 bits per heavy atom. The first-order chi connectivity index (χ1) is 14.0. The summed E-state index contributed by atoms with van der Waals surface area (Å²) in [7, 11) is 0. The zero-order chi connectivity index (χ0) is 20.4. The molecule has 3 aromatic rings. The van der Waals surface area contributed by atoms with E-state index in [4.69, 9.17) is 0 Å². The molecule has 4 heteroatoms. The molecule has 1 aromatic heterocycles. The third-order valence-electron chi connectivity index (χ3n) is 5.94. The molecule has 1 aliphatic heterocycles. The van der Waals surface area contributed by atoms with E-state index in [1.54, 1.807) is 0 Å². The van der Waals surface area contributed by atoms with E-state index in [0.29, 0.717) is 0 Å². The van der Waals surface area contributed by atoms with E-state index in [1.807, 2.05) is 18.2 Å². The van der Waals surface area contributed by atoms with E-state index >= 15 is 0 Å². The third-order valence-corrected chi connectivity index (χ3v) is 5.94. The van der Waals surface area contributed by atoms with Gasteiger partial charge in [-0.05, 0) is 55.1 Å². The van der Waals surface area contributed by atoms with E-state index in [0.717, 1.165) is 47.3 Å². The number of benzene rings is 2. The zero-order valence-electron chi connectivity index (χ0n) is 17.7. The lowest BCUT2D eigenvalue weighted by Crippen LogP contribution is -2.26. The van der Waals surface area contributed by atoms with Crippen molar-refractivity contribution >= 4 is 23.0 Å². The summed E-state index contributed by atoms with van der Waals surface area (Å²) in [5.74, 6) is 0.893. The van der Waals surface area contributed by atoms with Crippen LogP contribution in [0.25, 0.3) is 16.6 Å². The minimum atomic E-state index is 0.113. The standard InChI is InChI=1S/C25H31N3O/c1-25(2,3)19-10-12-20(13-11-19)28-23-9-5-4-8-21(23)22(18-29)24(28)26-14-17-27-15-6-7-16-27/h4-5,8-13,18,26H,6-7,14-17H2,1-3H3. The van der Waals surface area contributed by atoms with E-state index in [9.17, 15) is 4.79 Å². The molecule has 0 bridgehead atoms. The summed E-state index contributed by atoms with van der Waals surface area (Å²) in [6, 6.07) is 16.9. The van der Waals surface area contributed by atoms with E-state index in [-0.39, 0.29) is 5.41 Å². The number of aromatic nitrogens is 1. The van der Waals surface area contributed by atoms with Crippen LogP contribution < -0.4 is 5.32 Å². The van der Waals surface area contributed by atoms with Crippen LogP contribution in [-0.2, 0) is 5.41 Å². The summed E-state index contributed by atoms with van der Waals surface area (Å²) in [5.41, 5.74) is 4.29. The molecule has 0 radical (unpaired) electrons. The maximum atomic E-state index is 12.0. The molecule has 1 fully saturated rings. The Balaban J connectivity index is 1.73. The Hall–Kier alpha value is -2.59. The fraction of sp³-hybridized carbons (Fsp3) is 0.400. The molecule has 152 valence electrons. The smallest absolute Gasteiger partial charge is 0.154 e. The lowest BCUT2D eigenvalue weighted by atomic mass is 9.87. The van der Waals surface area contributed by atoms with Crippen molar-refractivity contribution < 1.29 is 4.79 Å². The first-order valence-corrected chi connectivity index (χ1v) is 10.6. The summed E-state index contributed by atoms with van der Waals surface area (Å²) >= 11 is 0. The largest absolute Gasteiger partial charge is 0.369 e. The third kappa shape index (κ3) is 3.95. The number of hydrogen-bond acceptors (Lipinski definition) is 3. The van der Waals surface area contributed by atoms with Gasteiger partial charge in [-0.2, -0.15) is 0 Å². The number of carbonyl (C=O) groups excluding carboxylic acids is 1. The fourth-order valence-corrected chi connectivity index (χ4v) is 4.28. The molecule has 0 amide bonds. The molecule has 2 aromatic carbocycles. The van der Waals surface area contributed by atoms with Gasteiger partial charge in [0.25, 0.3) is 0 Å². The highest BCUT2D eigenvalue weighted by atomic mass is 16.1. The number of rotatable bonds is 6. The SMILES string of the molecule is CC(C)(C)c1ccc(-n2c(NCCN3CCCC3)c(C=O)c3ccccc32)cc1. The van der Waals surface area contributed by atoms with Crippen LogP contribution in [0.1, 0.15) is 49.5 Å². The van der Waals surface area contributed by atoms with Gasteiger partial charge in [-0.1, -0.05) is 51.1 Å². The first kappa shape index (κ1) is 19.7. The minimum absolute atomic E-state index is 0.113. The van der Waals surface area contributed by atoms with Gasteiger partial charge in [-0.15, -0.1) is 0 Å². The molecule has 4 rings (SSSR count). The fourth-order valence-electron chi connectivity index (χ4n) is 4.28. The lowest BCUT2D eigenvalue weighted by Gasteiger charge is -2.20. The van der Waals surface area contributed by atoms with Crippen molar-refractivity contribution in [3.63, 3.8) is 0 Å². The molecule has 1 aliphatic rings. The summed E-state index contributed by atoms with van der Waals surface area (Å²) in [4.78, 5) is 14.5. The van der Waals surface area contributed by atoms with Crippen LogP contribution in [0.4, 0.5) is 5.82 Å². The summed E-state index contributed by atoms with van der Waals surface area (Å²) in [6.07, 6.45) is 3.57. The molecular weight excluding hydrogens is 358 g/mol. The maximum absolute atomic E-state index is 12.0. The van der Waals surface area contributed by atoms with Crippen LogP contribution >= 0.6 is 0 Å². The van der Waals surface area contributed by atoms with Crippen LogP contribution in [-0.4, -0.2) is 41.9 Å². The molecule has 1 N–H and O–H groups in total. The Kier molecular flexibility index (Phi) is 5.46. The van der Waals surface area contributed by atoms with Gasteiger partial charge in [-0.25, -0.2) is 0 Å². The van der Waals surface area contributed by atoms with Gasteiger partial charge < -0.3 is 10.2 Å². The van der Waals surface area contributed by atoms with E-state index in [1.165, 1.54) is 31.5 Å². The van der Waals surface area contributed by atoms with Crippen molar-refractivity contribution in [2.45, 2.75) is 39.0 Å². The summed E-state index contributed by atoms with van der Waals surface area (Å²) in [6.45, 7) is 10.9. The highest BCUT2D eigenvalue weighted by Gasteiger charge is 2.19. The van der Waals surface area contributed by atoms with Gasteiger partial charge in [-0.3, -0.25) is 9.36 Å². The van der Waals surface area contributed by atoms with Crippen molar-refractivity contribution in [2.24, 2.45) is 0 Å². The number of carbonyl (C=O) groups is 1. The van der Waals surface area contributed by atoms with Gasteiger partial charge in [0.2, 0.25) is 0 Å². The monoisotopic (exact) mass is 389 g/mol. The van der Waals surface area contributed by atoms with Crippen molar-refractivity contribution in [1.82, 2.24) is 9.47 Å². The second kappa shape index (κ2) is 8.03. The summed E-state index contributed by atoms with van der Waals surface area (Å²) < 4.78 is 2.19. The number of likely N-dealkylation sites (tertiary alicyclic amines) is 1. The maximum Gasteiger partial charge on any atom is 0.154 e. The highest BCUT2D eigenvalue weighted by Crippen LogP contribution is 2.33. The molecule has 0 spiro atoms. The predicted octanol–water partition coefficient (Wildman–Crippen LogP) is 5.25. The molecular formula is C25H31N3O. The molecule has 4 nitrogen and oxygen atoms in total. The Morgan fingerprint density at radius 1 is 1.00 bits per heavy atom. The van der Waals surface area contributed by atoms with Crippen LogP contribution in [0.5, 0.6) is 0 Å². The molecule has 1 saturated heterocycles. The average molecular weight is 390 g/mol. The minimum Gasteiger partial charge on any atom is -0.369 e. The van der Waals surface area contributed by atoms with Gasteiger partial charge in [0.15, 0.2) is 6.29 Å². The lowest BCUT2D eigenvalue weighted by molar-refractivity contribution is 0.112. The number of nitrogens with zero attached hydrogens (tertiary/aromatic N) is 2.